The van der Waals surface area contributed by atoms with E-state index in [9.17, 15) is 0 Å². The van der Waals surface area contributed by atoms with Crippen LogP contribution < -0.4 is 5.32 Å². The number of ether oxygens (including phenoxy) is 1. The van der Waals surface area contributed by atoms with E-state index in [0.717, 1.165) is 24.6 Å². The summed E-state index contributed by atoms with van der Waals surface area (Å²) in [5.74, 6) is 0.941. The molecule has 110 valence electrons. The fourth-order valence-electron chi connectivity index (χ4n) is 1.96. The van der Waals surface area contributed by atoms with Gasteiger partial charge in [0.25, 0.3) is 0 Å². The number of nitrogens with zero attached hydrogens (tertiary/aromatic N) is 5. The summed E-state index contributed by atoms with van der Waals surface area (Å²) in [5.41, 5.74) is 1.01. The van der Waals surface area contributed by atoms with E-state index in [1.165, 1.54) is 0 Å². The highest BCUT2D eigenvalue weighted by Gasteiger charge is 2.08. The third kappa shape index (κ3) is 3.88. The molecule has 2 heterocycles. The lowest BCUT2D eigenvalue weighted by Gasteiger charge is -2.09. The van der Waals surface area contributed by atoms with Crippen molar-refractivity contribution in [3.05, 3.63) is 30.4 Å². The molecule has 20 heavy (non-hydrogen) atoms. The van der Waals surface area contributed by atoms with Crippen LogP contribution in [0.3, 0.4) is 0 Å². The third-order valence-electron chi connectivity index (χ3n) is 2.94. The number of imidazole rings is 1. The zero-order valence-electron chi connectivity index (χ0n) is 12.3. The second kappa shape index (κ2) is 7.16. The molecule has 0 atom stereocenters. The predicted octanol–water partition coefficient (Wildman–Crippen LogP) is 0.840. The fraction of sp³-hybridized carbons (Fsp3) is 0.615. The molecule has 0 saturated heterocycles. The normalized spacial score (nSPS) is 11.4. The molecule has 0 aromatic carbocycles. The lowest BCUT2D eigenvalue weighted by molar-refractivity contribution is 0.199. The Balaban J connectivity index is 1.90. The van der Waals surface area contributed by atoms with E-state index >= 15 is 0 Å². The quantitative estimate of drug-likeness (QED) is 0.725. The molecule has 0 aliphatic rings. The minimum absolute atomic E-state index is 0.311. The van der Waals surface area contributed by atoms with Gasteiger partial charge in [0, 0.05) is 32.4 Å². The Hall–Kier alpha value is -1.73. The zero-order valence-corrected chi connectivity index (χ0v) is 12.3. The molecule has 2 rings (SSSR count). The second-order valence-corrected chi connectivity index (χ2v) is 4.92. The molecule has 0 fully saturated rings. The largest absolute Gasteiger partial charge is 0.383 e. The first-order valence-corrected chi connectivity index (χ1v) is 6.79. The van der Waals surface area contributed by atoms with Crippen molar-refractivity contribution in [1.82, 2.24) is 29.6 Å². The van der Waals surface area contributed by atoms with Gasteiger partial charge in [0.05, 0.1) is 25.2 Å². The van der Waals surface area contributed by atoms with Crippen molar-refractivity contribution in [2.75, 3.05) is 20.3 Å². The number of methoxy groups -OCH3 is 1. The van der Waals surface area contributed by atoms with E-state index in [0.29, 0.717) is 19.2 Å². The molecular formula is C13H22N6O. The summed E-state index contributed by atoms with van der Waals surface area (Å²) in [6.07, 6.45) is 5.45. The number of hydrogen-bond acceptors (Lipinski definition) is 5. The molecule has 0 spiro atoms. The van der Waals surface area contributed by atoms with Crippen LogP contribution in [0.4, 0.5) is 0 Å². The molecule has 7 heteroatoms. The smallest absolute Gasteiger partial charge is 0.147 e. The Bertz CT molecular complexity index is 518. The van der Waals surface area contributed by atoms with Crippen LogP contribution >= 0.6 is 0 Å². The van der Waals surface area contributed by atoms with Gasteiger partial charge in [-0.15, -0.1) is 0 Å². The van der Waals surface area contributed by atoms with Gasteiger partial charge in [-0.05, 0) is 13.8 Å². The maximum Gasteiger partial charge on any atom is 0.147 e. The van der Waals surface area contributed by atoms with Crippen LogP contribution in [0.15, 0.2) is 18.9 Å². The summed E-state index contributed by atoms with van der Waals surface area (Å²) in [6.45, 7) is 7.15. The average Bonchev–Trinajstić information content (AvgIpc) is 3.04. The number of nitrogens with one attached hydrogen (secondary N) is 1. The first-order chi connectivity index (χ1) is 9.70. The third-order valence-corrected chi connectivity index (χ3v) is 2.94. The van der Waals surface area contributed by atoms with Crippen molar-refractivity contribution < 1.29 is 4.74 Å². The summed E-state index contributed by atoms with van der Waals surface area (Å²) in [6, 6.07) is 0.311. The molecule has 2 aromatic rings. The highest BCUT2D eigenvalue weighted by atomic mass is 16.5. The van der Waals surface area contributed by atoms with Crippen molar-refractivity contribution in [3.63, 3.8) is 0 Å². The van der Waals surface area contributed by atoms with Crippen molar-refractivity contribution in [1.29, 1.82) is 0 Å². The van der Waals surface area contributed by atoms with Gasteiger partial charge in [-0.25, -0.2) is 14.6 Å². The van der Waals surface area contributed by atoms with E-state index in [2.05, 4.69) is 34.2 Å². The maximum atomic E-state index is 4.98. The standard InChI is InChI=1S/C13H22N6O/c1-11(2)19-13(15-9-17-19)8-18-7-12(16-10-18)6-14-4-5-20-3/h7,9-11,14H,4-6,8H2,1-3H3. The Morgan fingerprint density at radius 1 is 1.35 bits per heavy atom. The zero-order chi connectivity index (χ0) is 14.4. The van der Waals surface area contributed by atoms with Crippen LogP contribution in [-0.4, -0.2) is 44.6 Å². The van der Waals surface area contributed by atoms with Crippen molar-refractivity contribution in [3.8, 4) is 0 Å². The van der Waals surface area contributed by atoms with Crippen LogP contribution in [0.5, 0.6) is 0 Å². The van der Waals surface area contributed by atoms with Crippen LogP contribution in [0.1, 0.15) is 31.4 Å². The van der Waals surface area contributed by atoms with Crippen molar-refractivity contribution >= 4 is 0 Å². The monoisotopic (exact) mass is 278 g/mol. The molecule has 0 saturated carbocycles. The lowest BCUT2D eigenvalue weighted by Crippen LogP contribution is -2.18. The molecule has 0 amide bonds. The van der Waals surface area contributed by atoms with Gasteiger partial charge in [-0.2, -0.15) is 5.10 Å². The number of rotatable bonds is 8. The molecule has 2 aromatic heterocycles. The van der Waals surface area contributed by atoms with E-state index in [4.69, 9.17) is 4.74 Å². The van der Waals surface area contributed by atoms with Crippen LogP contribution in [0.25, 0.3) is 0 Å². The van der Waals surface area contributed by atoms with E-state index in [-0.39, 0.29) is 0 Å². The topological polar surface area (TPSA) is 69.8 Å². The Labute approximate surface area is 119 Å². The van der Waals surface area contributed by atoms with Gasteiger partial charge in [0.1, 0.15) is 12.2 Å². The molecule has 0 aliphatic heterocycles. The minimum Gasteiger partial charge on any atom is -0.383 e. The second-order valence-electron chi connectivity index (χ2n) is 4.92. The van der Waals surface area contributed by atoms with Gasteiger partial charge in [0.2, 0.25) is 0 Å². The highest BCUT2D eigenvalue weighted by molar-refractivity contribution is 4.99. The Morgan fingerprint density at radius 3 is 2.95 bits per heavy atom. The van der Waals surface area contributed by atoms with E-state index in [1.807, 2.05) is 21.8 Å². The first-order valence-electron chi connectivity index (χ1n) is 6.79. The summed E-state index contributed by atoms with van der Waals surface area (Å²) in [4.78, 5) is 8.67. The molecular weight excluding hydrogens is 256 g/mol. The molecule has 7 nitrogen and oxygen atoms in total. The van der Waals surface area contributed by atoms with E-state index < -0.39 is 0 Å². The minimum atomic E-state index is 0.311. The molecule has 0 unspecified atom stereocenters. The van der Waals surface area contributed by atoms with Gasteiger partial charge >= 0.3 is 0 Å². The highest BCUT2D eigenvalue weighted by Crippen LogP contribution is 2.07. The molecule has 1 N–H and O–H groups in total. The lowest BCUT2D eigenvalue weighted by atomic mass is 10.4. The Kier molecular flexibility index (Phi) is 5.25. The number of hydrogen-bond donors (Lipinski definition) is 1. The van der Waals surface area contributed by atoms with Crippen molar-refractivity contribution in [2.45, 2.75) is 33.0 Å². The summed E-state index contributed by atoms with van der Waals surface area (Å²) in [5, 5.41) is 7.50. The number of aromatic nitrogens is 5. The summed E-state index contributed by atoms with van der Waals surface area (Å²) in [7, 11) is 1.70. The van der Waals surface area contributed by atoms with Crippen LogP contribution in [0, 0.1) is 0 Å². The van der Waals surface area contributed by atoms with Gasteiger partial charge in [-0.3, -0.25) is 0 Å². The van der Waals surface area contributed by atoms with Crippen LogP contribution in [-0.2, 0) is 17.8 Å². The Morgan fingerprint density at radius 2 is 2.20 bits per heavy atom. The van der Waals surface area contributed by atoms with Crippen molar-refractivity contribution in [2.24, 2.45) is 0 Å². The van der Waals surface area contributed by atoms with Gasteiger partial charge < -0.3 is 14.6 Å². The SMILES string of the molecule is COCCNCc1cn(Cc2ncnn2C(C)C)cn1. The molecule has 0 aliphatic carbocycles. The van der Waals surface area contributed by atoms with Crippen LogP contribution in [0.2, 0.25) is 0 Å². The summed E-state index contributed by atoms with van der Waals surface area (Å²) >= 11 is 0. The van der Waals surface area contributed by atoms with Gasteiger partial charge in [0.15, 0.2) is 0 Å². The predicted molar refractivity (Wildman–Crippen MR) is 75.3 cm³/mol. The average molecular weight is 278 g/mol. The first kappa shape index (κ1) is 14.7. The summed E-state index contributed by atoms with van der Waals surface area (Å²) < 4.78 is 8.94. The molecule has 0 bridgehead atoms. The van der Waals surface area contributed by atoms with Gasteiger partial charge in [-0.1, -0.05) is 0 Å². The van der Waals surface area contributed by atoms with E-state index in [1.54, 1.807) is 13.4 Å². The molecule has 0 radical (unpaired) electrons. The maximum absolute atomic E-state index is 4.98. The fourth-order valence-corrected chi connectivity index (χ4v) is 1.96.